The molecule has 17 heavy (non-hydrogen) atoms. The van der Waals surface area contributed by atoms with Crippen LogP contribution in [0, 0.1) is 0 Å². The van der Waals surface area contributed by atoms with Crippen LogP contribution in [0.5, 0.6) is 5.88 Å². The molecule has 0 radical (unpaired) electrons. The Balaban J connectivity index is 2.48. The molecule has 2 rings (SSSR count). The van der Waals surface area contributed by atoms with E-state index in [1.165, 1.54) is 13.3 Å². The van der Waals surface area contributed by atoms with Crippen LogP contribution in [-0.4, -0.2) is 28.2 Å². The number of carbonyl (C=O) groups is 1. The average molecular weight is 233 g/mol. The first-order valence-electron chi connectivity index (χ1n) is 4.91. The van der Waals surface area contributed by atoms with Gasteiger partial charge in [0, 0.05) is 0 Å². The third kappa shape index (κ3) is 2.16. The first-order valence-corrected chi connectivity index (χ1v) is 4.91. The minimum absolute atomic E-state index is 0.410. The molecule has 1 aromatic heterocycles. The summed E-state index contributed by atoms with van der Waals surface area (Å²) in [6, 6.07) is 3.85. The van der Waals surface area contributed by atoms with Crippen molar-refractivity contribution in [1.29, 1.82) is 0 Å². The van der Waals surface area contributed by atoms with Gasteiger partial charge in [-0.2, -0.15) is 0 Å². The second kappa shape index (κ2) is 4.34. The number of nitrogens with two attached hydrogens (primary N) is 1. The molecule has 0 spiro atoms. The van der Waals surface area contributed by atoms with Gasteiger partial charge < -0.3 is 15.6 Å². The minimum Gasteiger partial charge on any atom is -0.480 e. The van der Waals surface area contributed by atoms with Crippen LogP contribution < -0.4 is 10.5 Å². The predicted molar refractivity (Wildman–Crippen MR) is 60.7 cm³/mol. The highest BCUT2D eigenvalue weighted by Gasteiger charge is 2.14. The van der Waals surface area contributed by atoms with Crippen LogP contribution in [0.1, 0.15) is 11.6 Å². The van der Waals surface area contributed by atoms with Crippen molar-refractivity contribution in [2.24, 2.45) is 5.73 Å². The third-order valence-electron chi connectivity index (χ3n) is 2.38. The van der Waals surface area contributed by atoms with E-state index in [1.54, 1.807) is 18.2 Å². The normalized spacial score (nSPS) is 12.4. The van der Waals surface area contributed by atoms with Gasteiger partial charge in [-0.25, -0.2) is 9.97 Å². The number of ether oxygens (including phenoxy) is 1. The summed E-state index contributed by atoms with van der Waals surface area (Å²) < 4.78 is 4.95. The van der Waals surface area contributed by atoms with E-state index in [9.17, 15) is 4.79 Å². The zero-order valence-corrected chi connectivity index (χ0v) is 9.12. The molecule has 1 heterocycles. The molecule has 3 N–H and O–H groups in total. The molecule has 2 aromatic rings. The number of rotatable bonds is 3. The first kappa shape index (κ1) is 11.3. The summed E-state index contributed by atoms with van der Waals surface area (Å²) in [6.07, 6.45) is 1.47. The van der Waals surface area contributed by atoms with Gasteiger partial charge in [0.15, 0.2) is 0 Å². The Labute approximate surface area is 97.1 Å². The Morgan fingerprint density at radius 1 is 1.47 bits per heavy atom. The van der Waals surface area contributed by atoms with Crippen molar-refractivity contribution in [2.45, 2.75) is 6.04 Å². The quantitative estimate of drug-likeness (QED) is 0.810. The number of benzene rings is 1. The van der Waals surface area contributed by atoms with Crippen molar-refractivity contribution in [3.8, 4) is 5.88 Å². The van der Waals surface area contributed by atoms with Crippen LogP contribution in [0.15, 0.2) is 24.4 Å². The lowest BCUT2D eigenvalue weighted by atomic mass is 10.1. The molecule has 1 unspecified atom stereocenters. The Bertz CT molecular complexity index is 571. The molecule has 1 atom stereocenters. The Morgan fingerprint density at radius 3 is 2.88 bits per heavy atom. The smallest absolute Gasteiger partial charge is 0.325 e. The lowest BCUT2D eigenvalue weighted by Gasteiger charge is -2.07. The van der Waals surface area contributed by atoms with E-state index < -0.39 is 12.0 Å². The lowest BCUT2D eigenvalue weighted by molar-refractivity contribution is -0.138. The molecule has 6 nitrogen and oxygen atoms in total. The van der Waals surface area contributed by atoms with Gasteiger partial charge in [-0.1, -0.05) is 6.07 Å². The second-order valence-electron chi connectivity index (χ2n) is 3.48. The van der Waals surface area contributed by atoms with Gasteiger partial charge in [0.25, 0.3) is 0 Å². The summed E-state index contributed by atoms with van der Waals surface area (Å²) in [5.41, 5.74) is 7.22. The fourth-order valence-corrected chi connectivity index (χ4v) is 1.45. The summed E-state index contributed by atoms with van der Waals surface area (Å²) in [4.78, 5) is 19.0. The summed E-state index contributed by atoms with van der Waals surface area (Å²) >= 11 is 0. The van der Waals surface area contributed by atoms with E-state index in [1.807, 2.05) is 0 Å². The SMILES string of the molecule is COc1cnc2cc(C(N)C(=O)O)ccc2n1. The lowest BCUT2D eigenvalue weighted by Crippen LogP contribution is -2.20. The molecule has 0 aliphatic carbocycles. The Morgan fingerprint density at radius 2 is 2.24 bits per heavy atom. The number of hydrogen-bond donors (Lipinski definition) is 2. The third-order valence-corrected chi connectivity index (χ3v) is 2.38. The fourth-order valence-electron chi connectivity index (χ4n) is 1.45. The highest BCUT2D eigenvalue weighted by Crippen LogP contribution is 2.18. The van der Waals surface area contributed by atoms with Crippen molar-refractivity contribution in [3.63, 3.8) is 0 Å². The molecule has 0 aliphatic rings. The van der Waals surface area contributed by atoms with E-state index >= 15 is 0 Å². The number of aliphatic carboxylic acids is 1. The van der Waals surface area contributed by atoms with Gasteiger partial charge in [0.1, 0.15) is 6.04 Å². The van der Waals surface area contributed by atoms with E-state index in [0.717, 1.165) is 0 Å². The van der Waals surface area contributed by atoms with Gasteiger partial charge in [-0.05, 0) is 17.7 Å². The molecule has 0 aliphatic heterocycles. The molecular weight excluding hydrogens is 222 g/mol. The van der Waals surface area contributed by atoms with Crippen LogP contribution in [0.25, 0.3) is 11.0 Å². The Hall–Kier alpha value is -2.21. The number of hydrogen-bond acceptors (Lipinski definition) is 5. The molecule has 0 bridgehead atoms. The van der Waals surface area contributed by atoms with Crippen LogP contribution in [0.3, 0.4) is 0 Å². The largest absolute Gasteiger partial charge is 0.480 e. The van der Waals surface area contributed by atoms with Crippen LogP contribution in [0.4, 0.5) is 0 Å². The molecule has 0 fully saturated rings. The minimum atomic E-state index is -1.08. The standard InChI is InChI=1S/C11H11N3O3/c1-17-9-5-13-8-4-6(10(12)11(15)16)2-3-7(8)14-9/h2-5,10H,12H2,1H3,(H,15,16). The number of nitrogens with zero attached hydrogens (tertiary/aromatic N) is 2. The number of carboxylic acid groups (broad SMARTS) is 1. The molecule has 6 heteroatoms. The summed E-state index contributed by atoms with van der Waals surface area (Å²) in [5.74, 6) is -0.668. The van der Waals surface area contributed by atoms with Gasteiger partial charge in [-0.15, -0.1) is 0 Å². The maximum absolute atomic E-state index is 10.8. The van der Waals surface area contributed by atoms with Crippen molar-refractivity contribution in [3.05, 3.63) is 30.0 Å². The van der Waals surface area contributed by atoms with Crippen molar-refractivity contribution in [1.82, 2.24) is 9.97 Å². The number of methoxy groups -OCH3 is 1. The topological polar surface area (TPSA) is 98.3 Å². The van der Waals surface area contributed by atoms with Crippen LogP contribution >= 0.6 is 0 Å². The molecule has 0 amide bonds. The molecular formula is C11H11N3O3. The van der Waals surface area contributed by atoms with Gasteiger partial charge in [0.05, 0.1) is 24.3 Å². The van der Waals surface area contributed by atoms with Gasteiger partial charge >= 0.3 is 5.97 Å². The van der Waals surface area contributed by atoms with E-state index in [4.69, 9.17) is 15.6 Å². The highest BCUT2D eigenvalue weighted by atomic mass is 16.5. The molecule has 1 aromatic carbocycles. The Kier molecular flexibility index (Phi) is 2.88. The maximum Gasteiger partial charge on any atom is 0.325 e. The average Bonchev–Trinajstić information content (AvgIpc) is 2.36. The zero-order valence-electron chi connectivity index (χ0n) is 9.12. The molecule has 0 saturated carbocycles. The highest BCUT2D eigenvalue weighted by molar-refractivity contribution is 5.80. The zero-order chi connectivity index (χ0) is 12.4. The van der Waals surface area contributed by atoms with E-state index in [2.05, 4.69) is 9.97 Å². The molecule has 0 saturated heterocycles. The van der Waals surface area contributed by atoms with E-state index in [-0.39, 0.29) is 0 Å². The number of fused-ring (bicyclic) bond motifs is 1. The van der Waals surface area contributed by atoms with Gasteiger partial charge in [-0.3, -0.25) is 4.79 Å². The van der Waals surface area contributed by atoms with E-state index in [0.29, 0.717) is 22.5 Å². The van der Waals surface area contributed by atoms with Gasteiger partial charge in [0.2, 0.25) is 5.88 Å². The van der Waals surface area contributed by atoms with Crippen molar-refractivity contribution in [2.75, 3.05) is 7.11 Å². The summed E-state index contributed by atoms with van der Waals surface area (Å²) in [5, 5.41) is 8.81. The summed E-state index contributed by atoms with van der Waals surface area (Å²) in [6.45, 7) is 0. The van der Waals surface area contributed by atoms with Crippen molar-refractivity contribution < 1.29 is 14.6 Å². The predicted octanol–water partition coefficient (Wildman–Crippen LogP) is 0.723. The molecule has 88 valence electrons. The monoisotopic (exact) mass is 233 g/mol. The van der Waals surface area contributed by atoms with Crippen molar-refractivity contribution >= 4 is 17.0 Å². The number of aromatic nitrogens is 2. The van der Waals surface area contributed by atoms with Crippen LogP contribution in [-0.2, 0) is 4.79 Å². The maximum atomic E-state index is 10.8. The second-order valence-corrected chi connectivity index (χ2v) is 3.48. The van der Waals surface area contributed by atoms with Crippen LogP contribution in [0.2, 0.25) is 0 Å². The fraction of sp³-hybridized carbons (Fsp3) is 0.182. The first-order chi connectivity index (χ1) is 8.11. The summed E-state index contributed by atoms with van der Waals surface area (Å²) in [7, 11) is 1.50. The number of carboxylic acids is 1.